The minimum absolute atomic E-state index is 0.150. The molecule has 0 aliphatic rings. The van der Waals surface area contributed by atoms with Gasteiger partial charge in [0.05, 0.1) is 17.2 Å². The third-order valence-electron chi connectivity index (χ3n) is 3.05. The topological polar surface area (TPSA) is 84.2 Å². The smallest absolute Gasteiger partial charge is 0.253 e. The molecule has 1 atom stereocenters. The summed E-state index contributed by atoms with van der Waals surface area (Å²) in [6.07, 6.45) is 0. The summed E-state index contributed by atoms with van der Waals surface area (Å²) in [5.74, 6) is -0.506. The molecule has 0 aliphatic carbocycles. The summed E-state index contributed by atoms with van der Waals surface area (Å²) in [7, 11) is 1.55. The van der Waals surface area contributed by atoms with Gasteiger partial charge in [-0.15, -0.1) is 0 Å². The molecule has 19 heavy (non-hydrogen) atoms. The first-order chi connectivity index (χ1) is 9.01. The van der Waals surface area contributed by atoms with Crippen molar-refractivity contribution in [2.24, 2.45) is 17.6 Å². The summed E-state index contributed by atoms with van der Waals surface area (Å²) in [4.78, 5) is 23.8. The molecular weight excluding hydrogens is 242 g/mol. The fourth-order valence-corrected chi connectivity index (χ4v) is 1.83. The standard InChI is InChI=1S/C14H21N3O2/c1-9(2)11(8-15)14(19)17-12-7-5-4-6-10(12)13(18)16-3/h4-7,9,11H,8,15H2,1-3H3,(H,16,18)(H,17,19). The molecule has 104 valence electrons. The number of anilines is 1. The zero-order chi connectivity index (χ0) is 14.4. The van der Waals surface area contributed by atoms with Crippen molar-refractivity contribution >= 4 is 17.5 Å². The monoisotopic (exact) mass is 263 g/mol. The Kier molecular flexibility index (Phi) is 5.51. The molecule has 0 bridgehead atoms. The van der Waals surface area contributed by atoms with Crippen LogP contribution in [0.1, 0.15) is 24.2 Å². The summed E-state index contributed by atoms with van der Waals surface area (Å²) in [6.45, 7) is 4.18. The van der Waals surface area contributed by atoms with Crippen LogP contribution in [0, 0.1) is 11.8 Å². The lowest BCUT2D eigenvalue weighted by atomic mass is 9.95. The van der Waals surface area contributed by atoms with Crippen LogP contribution in [-0.4, -0.2) is 25.4 Å². The van der Waals surface area contributed by atoms with Gasteiger partial charge in [0, 0.05) is 13.6 Å². The van der Waals surface area contributed by atoms with Gasteiger partial charge in [-0.1, -0.05) is 26.0 Å². The SMILES string of the molecule is CNC(=O)c1ccccc1NC(=O)C(CN)C(C)C. The van der Waals surface area contributed by atoms with E-state index in [-0.39, 0.29) is 30.2 Å². The minimum atomic E-state index is -0.266. The summed E-state index contributed by atoms with van der Waals surface area (Å²) < 4.78 is 0. The van der Waals surface area contributed by atoms with Gasteiger partial charge in [-0.2, -0.15) is 0 Å². The number of nitrogens with two attached hydrogens (primary N) is 1. The summed E-state index contributed by atoms with van der Waals surface area (Å²) >= 11 is 0. The van der Waals surface area contributed by atoms with Crippen LogP contribution >= 0.6 is 0 Å². The molecule has 1 unspecified atom stereocenters. The molecule has 0 aliphatic heterocycles. The van der Waals surface area contributed by atoms with E-state index in [9.17, 15) is 9.59 Å². The molecule has 0 spiro atoms. The van der Waals surface area contributed by atoms with E-state index in [4.69, 9.17) is 5.73 Å². The number of amides is 2. The molecule has 2 amide bonds. The molecule has 1 aromatic carbocycles. The molecule has 0 heterocycles. The normalized spacial score (nSPS) is 12.1. The average Bonchev–Trinajstić information content (AvgIpc) is 2.38. The molecule has 5 nitrogen and oxygen atoms in total. The number of carbonyl (C=O) groups excluding carboxylic acids is 2. The second-order valence-electron chi connectivity index (χ2n) is 4.70. The van der Waals surface area contributed by atoms with Crippen molar-refractivity contribution in [3.8, 4) is 0 Å². The van der Waals surface area contributed by atoms with E-state index in [1.165, 1.54) is 0 Å². The Bertz CT molecular complexity index is 458. The fraction of sp³-hybridized carbons (Fsp3) is 0.429. The Morgan fingerprint density at radius 2 is 1.89 bits per heavy atom. The van der Waals surface area contributed by atoms with Crippen LogP contribution in [0.2, 0.25) is 0 Å². The first-order valence-corrected chi connectivity index (χ1v) is 6.33. The van der Waals surface area contributed by atoms with Crippen molar-refractivity contribution in [2.45, 2.75) is 13.8 Å². The highest BCUT2D eigenvalue weighted by Crippen LogP contribution is 2.18. The minimum Gasteiger partial charge on any atom is -0.355 e. The van der Waals surface area contributed by atoms with Crippen LogP contribution in [0.25, 0.3) is 0 Å². The summed E-state index contributed by atoms with van der Waals surface area (Å²) in [5.41, 5.74) is 6.56. The third kappa shape index (κ3) is 3.79. The number of rotatable bonds is 5. The van der Waals surface area contributed by atoms with Gasteiger partial charge in [0.1, 0.15) is 0 Å². The second kappa shape index (κ2) is 6.89. The van der Waals surface area contributed by atoms with E-state index in [1.54, 1.807) is 31.3 Å². The third-order valence-corrected chi connectivity index (χ3v) is 3.05. The molecule has 1 aromatic rings. The van der Waals surface area contributed by atoms with E-state index in [2.05, 4.69) is 10.6 Å². The van der Waals surface area contributed by atoms with Gasteiger partial charge in [0.2, 0.25) is 5.91 Å². The lowest BCUT2D eigenvalue weighted by molar-refractivity contribution is -0.120. The predicted octanol–water partition coefficient (Wildman–Crippen LogP) is 1.22. The number of carbonyl (C=O) groups is 2. The lowest BCUT2D eigenvalue weighted by Crippen LogP contribution is -2.33. The van der Waals surface area contributed by atoms with Gasteiger partial charge in [-0.05, 0) is 18.1 Å². The molecule has 0 fully saturated rings. The van der Waals surface area contributed by atoms with Crippen LogP contribution in [0.3, 0.4) is 0 Å². The maximum absolute atomic E-state index is 12.1. The van der Waals surface area contributed by atoms with Crippen LogP contribution in [0.5, 0.6) is 0 Å². The molecule has 5 heteroatoms. The van der Waals surface area contributed by atoms with Crippen LogP contribution < -0.4 is 16.4 Å². The van der Waals surface area contributed by atoms with Crippen molar-refractivity contribution in [3.63, 3.8) is 0 Å². The second-order valence-corrected chi connectivity index (χ2v) is 4.70. The van der Waals surface area contributed by atoms with Crippen molar-refractivity contribution in [3.05, 3.63) is 29.8 Å². The van der Waals surface area contributed by atoms with Crippen molar-refractivity contribution in [1.29, 1.82) is 0 Å². The Morgan fingerprint density at radius 3 is 2.42 bits per heavy atom. The number of para-hydroxylation sites is 1. The average molecular weight is 263 g/mol. The molecule has 4 N–H and O–H groups in total. The summed E-state index contributed by atoms with van der Waals surface area (Å²) in [5, 5.41) is 5.32. The largest absolute Gasteiger partial charge is 0.355 e. The van der Waals surface area contributed by atoms with Gasteiger partial charge < -0.3 is 16.4 Å². The van der Waals surface area contributed by atoms with Crippen LogP contribution in [-0.2, 0) is 4.79 Å². The zero-order valence-corrected chi connectivity index (χ0v) is 11.6. The van der Waals surface area contributed by atoms with Crippen LogP contribution in [0.4, 0.5) is 5.69 Å². The molecule has 1 rings (SSSR count). The van der Waals surface area contributed by atoms with Gasteiger partial charge in [-0.3, -0.25) is 9.59 Å². The fourth-order valence-electron chi connectivity index (χ4n) is 1.83. The lowest BCUT2D eigenvalue weighted by Gasteiger charge is -2.19. The van der Waals surface area contributed by atoms with E-state index >= 15 is 0 Å². The van der Waals surface area contributed by atoms with Gasteiger partial charge in [0.15, 0.2) is 0 Å². The van der Waals surface area contributed by atoms with Gasteiger partial charge >= 0.3 is 0 Å². The number of hydrogen-bond donors (Lipinski definition) is 3. The quantitative estimate of drug-likeness (QED) is 0.746. The van der Waals surface area contributed by atoms with Crippen molar-refractivity contribution < 1.29 is 9.59 Å². The highest BCUT2D eigenvalue weighted by atomic mass is 16.2. The van der Waals surface area contributed by atoms with E-state index in [0.717, 1.165) is 0 Å². The van der Waals surface area contributed by atoms with E-state index < -0.39 is 0 Å². The number of hydrogen-bond acceptors (Lipinski definition) is 3. The number of benzene rings is 1. The molecule has 0 radical (unpaired) electrons. The number of nitrogens with one attached hydrogen (secondary N) is 2. The first kappa shape index (κ1) is 15.2. The van der Waals surface area contributed by atoms with E-state index in [1.807, 2.05) is 13.8 Å². The maximum Gasteiger partial charge on any atom is 0.253 e. The van der Waals surface area contributed by atoms with Gasteiger partial charge in [-0.25, -0.2) is 0 Å². The molecular formula is C14H21N3O2. The first-order valence-electron chi connectivity index (χ1n) is 6.33. The maximum atomic E-state index is 12.1. The molecule has 0 saturated carbocycles. The Morgan fingerprint density at radius 1 is 1.26 bits per heavy atom. The highest BCUT2D eigenvalue weighted by molar-refractivity contribution is 6.04. The zero-order valence-electron chi connectivity index (χ0n) is 11.6. The van der Waals surface area contributed by atoms with Crippen LogP contribution in [0.15, 0.2) is 24.3 Å². The van der Waals surface area contributed by atoms with Crippen molar-refractivity contribution in [1.82, 2.24) is 5.32 Å². The Labute approximate surface area is 113 Å². The summed E-state index contributed by atoms with van der Waals surface area (Å²) in [6, 6.07) is 6.90. The Balaban J connectivity index is 2.93. The highest BCUT2D eigenvalue weighted by Gasteiger charge is 2.21. The molecule has 0 saturated heterocycles. The molecule has 0 aromatic heterocycles. The Hall–Kier alpha value is -1.88. The van der Waals surface area contributed by atoms with Gasteiger partial charge in [0.25, 0.3) is 5.91 Å². The predicted molar refractivity (Wildman–Crippen MR) is 75.8 cm³/mol. The van der Waals surface area contributed by atoms with E-state index in [0.29, 0.717) is 11.3 Å². The van der Waals surface area contributed by atoms with Crippen molar-refractivity contribution in [2.75, 3.05) is 18.9 Å².